The van der Waals surface area contributed by atoms with Gasteiger partial charge < -0.3 is 22.9 Å². The minimum Gasteiger partial charge on any atom is -0.369 e. The van der Waals surface area contributed by atoms with Gasteiger partial charge in [-0.2, -0.15) is 10.2 Å². The molecule has 0 radical (unpaired) electrons. The Morgan fingerprint density at radius 1 is 0.690 bits per heavy atom. The molecule has 0 bridgehead atoms. The first kappa shape index (κ1) is 23.7. The van der Waals surface area contributed by atoms with E-state index in [0.717, 1.165) is 38.2 Å². The third-order valence-electron chi connectivity index (χ3n) is 3.98. The standard InChI is InChI=1S/C19H20N8.2ClH/c1-11-6-7-14-15(8-11)17(10-25-27-19(22)23)13-5-3-2-4-12(13)16(14)9-24-26-18(20)21;;/h2-10H,1H3,(H4,20,21,26)(H4,22,23,27);2*1H. The molecule has 0 aliphatic rings. The Bertz CT molecular complexity index is 1130. The Morgan fingerprint density at radius 2 is 1.14 bits per heavy atom. The highest BCUT2D eigenvalue weighted by molar-refractivity contribution is 6.21. The Hall–Kier alpha value is -3.36. The van der Waals surface area contributed by atoms with E-state index in [-0.39, 0.29) is 36.7 Å². The Labute approximate surface area is 180 Å². The van der Waals surface area contributed by atoms with Crippen LogP contribution in [-0.4, -0.2) is 24.3 Å². The van der Waals surface area contributed by atoms with Gasteiger partial charge in [-0.05, 0) is 28.5 Å². The second-order valence-electron chi connectivity index (χ2n) is 5.96. The number of nitrogens with zero attached hydrogens (tertiary/aromatic N) is 4. The predicted octanol–water partition coefficient (Wildman–Crippen LogP) is 2.36. The van der Waals surface area contributed by atoms with Crippen LogP contribution >= 0.6 is 24.8 Å². The molecular formula is C19H22Cl2N8. The predicted molar refractivity (Wildman–Crippen MR) is 127 cm³/mol. The quantitative estimate of drug-likeness (QED) is 0.216. The van der Waals surface area contributed by atoms with Crippen LogP contribution in [0.2, 0.25) is 0 Å². The minimum atomic E-state index is -0.100. The summed E-state index contributed by atoms with van der Waals surface area (Å²) in [6.45, 7) is 2.03. The van der Waals surface area contributed by atoms with Crippen molar-refractivity contribution in [3.05, 3.63) is 59.2 Å². The summed E-state index contributed by atoms with van der Waals surface area (Å²) in [6.07, 6.45) is 3.30. The molecule has 0 aliphatic heterocycles. The van der Waals surface area contributed by atoms with Gasteiger partial charge in [0.15, 0.2) is 0 Å². The molecule has 3 rings (SSSR count). The van der Waals surface area contributed by atoms with E-state index in [1.54, 1.807) is 12.4 Å². The van der Waals surface area contributed by atoms with Gasteiger partial charge in [0.05, 0.1) is 12.4 Å². The van der Waals surface area contributed by atoms with Gasteiger partial charge in [-0.3, -0.25) is 0 Å². The minimum absolute atomic E-state index is 0. The van der Waals surface area contributed by atoms with E-state index in [1.807, 2.05) is 43.3 Å². The molecule has 8 nitrogen and oxygen atoms in total. The maximum atomic E-state index is 5.37. The summed E-state index contributed by atoms with van der Waals surface area (Å²) in [4.78, 5) is 0. The van der Waals surface area contributed by atoms with Crippen molar-refractivity contribution in [2.75, 3.05) is 0 Å². The first-order valence-corrected chi connectivity index (χ1v) is 8.16. The summed E-state index contributed by atoms with van der Waals surface area (Å²) >= 11 is 0. The second-order valence-corrected chi connectivity index (χ2v) is 5.96. The van der Waals surface area contributed by atoms with Crippen molar-refractivity contribution in [3.8, 4) is 0 Å². The van der Waals surface area contributed by atoms with Gasteiger partial charge in [0.1, 0.15) is 0 Å². The van der Waals surface area contributed by atoms with Crippen molar-refractivity contribution in [1.82, 2.24) is 0 Å². The maximum Gasteiger partial charge on any atom is 0.211 e. The number of guanidine groups is 2. The summed E-state index contributed by atoms with van der Waals surface area (Å²) in [6, 6.07) is 14.1. The van der Waals surface area contributed by atoms with Crippen LogP contribution in [0.25, 0.3) is 21.5 Å². The summed E-state index contributed by atoms with van der Waals surface area (Å²) < 4.78 is 0. The average molecular weight is 433 g/mol. The molecule has 10 heteroatoms. The Balaban J connectivity index is 0.00000210. The zero-order chi connectivity index (χ0) is 19.4. The number of benzene rings is 3. The van der Waals surface area contributed by atoms with Gasteiger partial charge in [0.2, 0.25) is 11.9 Å². The van der Waals surface area contributed by atoms with Crippen LogP contribution in [0.5, 0.6) is 0 Å². The topological polar surface area (TPSA) is 154 Å². The monoisotopic (exact) mass is 432 g/mol. The number of aryl methyl sites for hydroxylation is 1. The van der Waals surface area contributed by atoms with E-state index in [1.165, 1.54) is 0 Å². The number of nitrogens with two attached hydrogens (primary N) is 4. The van der Waals surface area contributed by atoms with E-state index in [4.69, 9.17) is 22.9 Å². The third kappa shape index (κ3) is 5.34. The number of halogens is 2. The van der Waals surface area contributed by atoms with E-state index in [0.29, 0.717) is 0 Å². The summed E-state index contributed by atoms with van der Waals surface area (Å²) in [5.74, 6) is -0.200. The fourth-order valence-corrected chi connectivity index (χ4v) is 2.94. The van der Waals surface area contributed by atoms with Crippen LogP contribution < -0.4 is 22.9 Å². The van der Waals surface area contributed by atoms with Crippen molar-refractivity contribution in [2.24, 2.45) is 43.3 Å². The molecule has 0 spiro atoms. The zero-order valence-corrected chi connectivity index (χ0v) is 17.2. The molecule has 0 aliphatic carbocycles. The van der Waals surface area contributed by atoms with Crippen LogP contribution in [0, 0.1) is 6.92 Å². The smallest absolute Gasteiger partial charge is 0.211 e. The normalized spacial score (nSPS) is 10.7. The summed E-state index contributed by atoms with van der Waals surface area (Å²) in [5.41, 5.74) is 24.4. The molecule has 0 heterocycles. The molecule has 0 aromatic heterocycles. The lowest BCUT2D eigenvalue weighted by Crippen LogP contribution is -2.21. The van der Waals surface area contributed by atoms with Gasteiger partial charge in [0.25, 0.3) is 0 Å². The average Bonchev–Trinajstić information content (AvgIpc) is 2.62. The molecule has 29 heavy (non-hydrogen) atoms. The first-order valence-electron chi connectivity index (χ1n) is 8.16. The van der Waals surface area contributed by atoms with Gasteiger partial charge in [-0.25, -0.2) is 0 Å². The second kappa shape index (κ2) is 10.3. The molecule has 8 N–H and O–H groups in total. The van der Waals surface area contributed by atoms with E-state index in [2.05, 4.69) is 26.5 Å². The number of fused-ring (bicyclic) bond motifs is 2. The van der Waals surface area contributed by atoms with E-state index < -0.39 is 0 Å². The number of rotatable bonds is 4. The third-order valence-corrected chi connectivity index (χ3v) is 3.98. The van der Waals surface area contributed by atoms with Gasteiger partial charge in [-0.15, -0.1) is 35.0 Å². The van der Waals surface area contributed by atoms with Crippen LogP contribution in [0.3, 0.4) is 0 Å². The van der Waals surface area contributed by atoms with Crippen molar-refractivity contribution < 1.29 is 0 Å². The Kier molecular flexibility index (Phi) is 8.38. The lowest BCUT2D eigenvalue weighted by molar-refractivity contribution is 1.22. The largest absolute Gasteiger partial charge is 0.369 e. The lowest BCUT2D eigenvalue weighted by atomic mass is 9.91. The zero-order valence-electron chi connectivity index (χ0n) is 15.6. The molecular weight excluding hydrogens is 411 g/mol. The van der Waals surface area contributed by atoms with Crippen LogP contribution in [0.4, 0.5) is 0 Å². The molecule has 0 saturated carbocycles. The van der Waals surface area contributed by atoms with Crippen LogP contribution in [-0.2, 0) is 0 Å². The van der Waals surface area contributed by atoms with Crippen molar-refractivity contribution in [2.45, 2.75) is 6.92 Å². The highest BCUT2D eigenvalue weighted by Crippen LogP contribution is 2.32. The molecule has 0 amide bonds. The molecule has 0 atom stereocenters. The maximum absolute atomic E-state index is 5.37. The highest BCUT2D eigenvalue weighted by atomic mass is 35.5. The van der Waals surface area contributed by atoms with Gasteiger partial charge in [-0.1, -0.05) is 48.0 Å². The van der Waals surface area contributed by atoms with E-state index in [9.17, 15) is 0 Å². The van der Waals surface area contributed by atoms with Crippen LogP contribution in [0.15, 0.2) is 62.9 Å². The molecule has 0 saturated heterocycles. The fourth-order valence-electron chi connectivity index (χ4n) is 2.94. The molecule has 3 aromatic rings. The molecule has 0 fully saturated rings. The Morgan fingerprint density at radius 3 is 1.62 bits per heavy atom. The summed E-state index contributed by atoms with van der Waals surface area (Å²) in [5, 5.41) is 19.4. The lowest BCUT2D eigenvalue weighted by Gasteiger charge is -2.12. The van der Waals surface area contributed by atoms with Crippen molar-refractivity contribution in [3.63, 3.8) is 0 Å². The molecule has 0 unspecified atom stereocenters. The van der Waals surface area contributed by atoms with Crippen molar-refractivity contribution in [1.29, 1.82) is 0 Å². The highest BCUT2D eigenvalue weighted by Gasteiger charge is 2.12. The van der Waals surface area contributed by atoms with Crippen LogP contribution in [0.1, 0.15) is 16.7 Å². The van der Waals surface area contributed by atoms with Gasteiger partial charge >= 0.3 is 0 Å². The summed E-state index contributed by atoms with van der Waals surface area (Å²) in [7, 11) is 0. The van der Waals surface area contributed by atoms with Crippen molar-refractivity contribution >= 4 is 70.7 Å². The van der Waals surface area contributed by atoms with Gasteiger partial charge in [0, 0.05) is 11.1 Å². The van der Waals surface area contributed by atoms with E-state index >= 15 is 0 Å². The number of hydrogen-bond acceptors (Lipinski definition) is 4. The molecule has 3 aromatic carbocycles. The molecule has 152 valence electrons. The SMILES string of the molecule is Cc1ccc2c(C=NN=C(N)N)c3ccccc3c(C=NN=C(N)N)c2c1.Cl.Cl. The fraction of sp³-hybridized carbons (Fsp3) is 0.0526. The first-order chi connectivity index (χ1) is 13.0. The number of hydrogen-bond donors (Lipinski definition) is 4.